The fourth-order valence-electron chi connectivity index (χ4n) is 2.99. The van der Waals surface area contributed by atoms with Crippen molar-refractivity contribution in [1.82, 2.24) is 4.90 Å². The molecule has 3 N–H and O–H groups in total. The van der Waals surface area contributed by atoms with Crippen LogP contribution in [0.5, 0.6) is 0 Å². The molecule has 0 unspecified atom stereocenters. The molecule has 0 radical (unpaired) electrons. The molecule has 1 aromatic rings. The fraction of sp³-hybridized carbons (Fsp3) is 0.500. The lowest BCUT2D eigenvalue weighted by molar-refractivity contribution is -0.141. The summed E-state index contributed by atoms with van der Waals surface area (Å²) in [5.41, 5.74) is 0.597. The van der Waals surface area contributed by atoms with E-state index in [1.165, 1.54) is 12.0 Å². The molecule has 126 valence electrons. The molecule has 1 saturated heterocycles. The maximum atomic E-state index is 12.6. The number of hydrogen-bond donors (Lipinski definition) is 3. The quantitative estimate of drug-likeness (QED) is 0.713. The van der Waals surface area contributed by atoms with Gasteiger partial charge in [-0.1, -0.05) is 25.1 Å². The average molecular weight is 322 g/mol. The van der Waals surface area contributed by atoms with Gasteiger partial charge in [0.05, 0.1) is 32.3 Å². The summed E-state index contributed by atoms with van der Waals surface area (Å²) < 4.78 is 4.67. The van der Waals surface area contributed by atoms with E-state index in [9.17, 15) is 19.8 Å². The Balaban J connectivity index is 2.22. The molecular formula is C16H22N2O5. The second kappa shape index (κ2) is 7.43. The van der Waals surface area contributed by atoms with Crippen molar-refractivity contribution in [2.24, 2.45) is 5.92 Å². The number of nitrogens with one attached hydrogen (secondary N) is 1. The number of benzene rings is 1. The van der Waals surface area contributed by atoms with Crippen molar-refractivity contribution in [3.8, 4) is 0 Å². The normalized spacial score (nSPS) is 26.9. The molecule has 0 saturated carbocycles. The molecule has 0 aromatic heterocycles. The van der Waals surface area contributed by atoms with Crippen molar-refractivity contribution >= 4 is 17.7 Å². The van der Waals surface area contributed by atoms with E-state index in [2.05, 4.69) is 10.1 Å². The van der Waals surface area contributed by atoms with Crippen LogP contribution in [0.3, 0.4) is 0 Å². The number of anilines is 1. The molecular weight excluding hydrogens is 300 g/mol. The molecule has 1 aromatic carbocycles. The van der Waals surface area contributed by atoms with Gasteiger partial charge in [0.2, 0.25) is 0 Å². The minimum Gasteiger partial charge on any atom is -0.469 e. The maximum absolute atomic E-state index is 12.6. The summed E-state index contributed by atoms with van der Waals surface area (Å²) in [5, 5.41) is 22.5. The Morgan fingerprint density at radius 2 is 1.91 bits per heavy atom. The Hall–Kier alpha value is -2.12. The number of urea groups is 1. The number of ether oxygens (including phenoxy) is 1. The van der Waals surface area contributed by atoms with Crippen LogP contribution >= 0.6 is 0 Å². The molecule has 2 amide bonds. The van der Waals surface area contributed by atoms with Gasteiger partial charge in [-0.2, -0.15) is 0 Å². The molecule has 2 rings (SSSR count). The SMILES string of the molecule is COC(=O)C[C@@H]1[C@H](C)[C@H](O)[C@H](CO)N1C(=O)Nc1ccccc1. The highest BCUT2D eigenvalue weighted by molar-refractivity contribution is 5.90. The van der Waals surface area contributed by atoms with E-state index < -0.39 is 30.2 Å². The Bertz CT molecular complexity index is 551. The molecule has 4 atom stereocenters. The topological polar surface area (TPSA) is 99.1 Å². The van der Waals surface area contributed by atoms with Crippen LogP contribution in [-0.2, 0) is 9.53 Å². The van der Waals surface area contributed by atoms with Gasteiger partial charge in [-0.05, 0) is 12.1 Å². The van der Waals surface area contributed by atoms with E-state index >= 15 is 0 Å². The van der Waals surface area contributed by atoms with Crippen molar-refractivity contribution in [3.63, 3.8) is 0 Å². The monoisotopic (exact) mass is 322 g/mol. The van der Waals surface area contributed by atoms with Crippen LogP contribution in [0, 0.1) is 5.92 Å². The predicted molar refractivity (Wildman–Crippen MR) is 83.8 cm³/mol. The zero-order valence-electron chi connectivity index (χ0n) is 13.2. The molecule has 0 bridgehead atoms. The van der Waals surface area contributed by atoms with Crippen LogP contribution in [0.4, 0.5) is 10.5 Å². The summed E-state index contributed by atoms with van der Waals surface area (Å²) in [5.74, 6) is -0.821. The molecule has 1 aliphatic rings. The first-order chi connectivity index (χ1) is 11.0. The molecule has 7 nitrogen and oxygen atoms in total. The van der Waals surface area contributed by atoms with Crippen LogP contribution < -0.4 is 5.32 Å². The average Bonchev–Trinajstić information content (AvgIpc) is 2.80. The van der Waals surface area contributed by atoms with Crippen molar-refractivity contribution < 1.29 is 24.5 Å². The second-order valence-electron chi connectivity index (χ2n) is 5.65. The number of likely N-dealkylation sites (tertiary alicyclic amines) is 1. The second-order valence-corrected chi connectivity index (χ2v) is 5.65. The molecule has 23 heavy (non-hydrogen) atoms. The third-order valence-electron chi connectivity index (χ3n) is 4.30. The Labute approximate surface area is 134 Å². The molecule has 1 heterocycles. The third-order valence-corrected chi connectivity index (χ3v) is 4.30. The summed E-state index contributed by atoms with van der Waals surface area (Å²) in [6.45, 7) is 1.36. The minimum atomic E-state index is -0.906. The van der Waals surface area contributed by atoms with Crippen LogP contribution in [0.2, 0.25) is 0 Å². The molecule has 7 heteroatoms. The number of hydrogen-bond acceptors (Lipinski definition) is 5. The third kappa shape index (κ3) is 3.62. The van der Waals surface area contributed by atoms with E-state index in [-0.39, 0.29) is 18.9 Å². The first-order valence-electron chi connectivity index (χ1n) is 7.49. The minimum absolute atomic E-state index is 0.0343. The Morgan fingerprint density at radius 1 is 1.26 bits per heavy atom. The molecule has 1 aliphatic heterocycles. The lowest BCUT2D eigenvalue weighted by atomic mass is 9.96. The number of para-hydroxylation sites is 1. The highest BCUT2D eigenvalue weighted by atomic mass is 16.5. The lowest BCUT2D eigenvalue weighted by Crippen LogP contribution is -2.48. The van der Waals surface area contributed by atoms with E-state index in [0.29, 0.717) is 5.69 Å². The number of amides is 2. The highest BCUT2D eigenvalue weighted by Gasteiger charge is 2.48. The first-order valence-corrected chi connectivity index (χ1v) is 7.49. The maximum Gasteiger partial charge on any atom is 0.322 e. The van der Waals surface area contributed by atoms with Crippen molar-refractivity contribution in [1.29, 1.82) is 0 Å². The van der Waals surface area contributed by atoms with E-state index in [4.69, 9.17) is 0 Å². The summed E-state index contributed by atoms with van der Waals surface area (Å²) >= 11 is 0. The summed E-state index contributed by atoms with van der Waals surface area (Å²) in [7, 11) is 1.27. The predicted octanol–water partition coefficient (Wildman–Crippen LogP) is 0.824. The highest BCUT2D eigenvalue weighted by Crippen LogP contribution is 2.33. The van der Waals surface area contributed by atoms with Crippen molar-refractivity contribution in [2.45, 2.75) is 31.5 Å². The van der Waals surface area contributed by atoms with Gasteiger partial charge >= 0.3 is 12.0 Å². The standard InChI is InChI=1S/C16H22N2O5/c1-10-12(8-14(20)23-2)18(13(9-19)15(10)21)16(22)17-11-6-4-3-5-7-11/h3-7,10,12-13,15,19,21H,8-9H2,1-2H3,(H,17,22)/t10-,12+,13-,15-/m0/s1. The fourth-order valence-corrected chi connectivity index (χ4v) is 2.99. The van der Waals surface area contributed by atoms with Gasteiger partial charge in [-0.3, -0.25) is 4.79 Å². The van der Waals surface area contributed by atoms with E-state index in [0.717, 1.165) is 0 Å². The van der Waals surface area contributed by atoms with Crippen molar-refractivity contribution in [3.05, 3.63) is 30.3 Å². The molecule has 0 aliphatic carbocycles. The smallest absolute Gasteiger partial charge is 0.322 e. The van der Waals surface area contributed by atoms with Crippen LogP contribution in [0.25, 0.3) is 0 Å². The van der Waals surface area contributed by atoms with Gasteiger partial charge < -0.3 is 25.2 Å². The number of nitrogens with zero attached hydrogens (tertiary/aromatic N) is 1. The van der Waals surface area contributed by atoms with Crippen LogP contribution in [0.1, 0.15) is 13.3 Å². The van der Waals surface area contributed by atoms with E-state index in [1.54, 1.807) is 31.2 Å². The van der Waals surface area contributed by atoms with Gasteiger partial charge in [0.25, 0.3) is 0 Å². The van der Waals surface area contributed by atoms with E-state index in [1.807, 2.05) is 6.07 Å². The van der Waals surface area contributed by atoms with Crippen LogP contribution in [0.15, 0.2) is 30.3 Å². The van der Waals surface area contributed by atoms with Gasteiger partial charge in [0.1, 0.15) is 0 Å². The molecule has 1 fully saturated rings. The number of carbonyl (C=O) groups excluding carboxylic acids is 2. The number of esters is 1. The summed E-state index contributed by atoms with van der Waals surface area (Å²) in [4.78, 5) is 25.6. The zero-order chi connectivity index (χ0) is 17.0. The number of methoxy groups -OCH3 is 1. The van der Waals surface area contributed by atoms with Gasteiger partial charge in [-0.25, -0.2) is 4.79 Å². The number of rotatable bonds is 4. The number of aliphatic hydroxyl groups is 2. The zero-order valence-corrected chi connectivity index (χ0v) is 13.2. The van der Waals surface area contributed by atoms with Crippen molar-refractivity contribution in [2.75, 3.05) is 19.0 Å². The Morgan fingerprint density at radius 3 is 2.48 bits per heavy atom. The number of carbonyl (C=O) groups is 2. The largest absolute Gasteiger partial charge is 0.469 e. The van der Waals surface area contributed by atoms with Gasteiger partial charge in [-0.15, -0.1) is 0 Å². The number of aliphatic hydroxyl groups excluding tert-OH is 2. The molecule has 0 spiro atoms. The van der Waals surface area contributed by atoms with Gasteiger partial charge in [0.15, 0.2) is 0 Å². The Kier molecular flexibility index (Phi) is 5.57. The summed E-state index contributed by atoms with van der Waals surface area (Å²) in [6, 6.07) is 7.09. The summed E-state index contributed by atoms with van der Waals surface area (Å²) in [6.07, 6.45) is -0.941. The van der Waals surface area contributed by atoms with Crippen LogP contribution in [-0.4, -0.2) is 59.0 Å². The van der Waals surface area contributed by atoms with Gasteiger partial charge in [0, 0.05) is 17.6 Å². The lowest BCUT2D eigenvalue weighted by Gasteiger charge is -2.29. The first kappa shape index (κ1) is 17.2.